The fourth-order valence-electron chi connectivity index (χ4n) is 4.15. The summed E-state index contributed by atoms with van der Waals surface area (Å²) in [4.78, 5) is 24.3. The largest absolute Gasteiger partial charge is 0.356 e. The van der Waals surface area contributed by atoms with Crippen LogP contribution in [0, 0.1) is 0 Å². The number of rotatable bonds is 9. The van der Waals surface area contributed by atoms with Crippen molar-refractivity contribution in [3.63, 3.8) is 0 Å². The van der Waals surface area contributed by atoms with E-state index in [2.05, 4.69) is 33.1 Å². The zero-order valence-corrected chi connectivity index (χ0v) is 17.0. The fourth-order valence-corrected chi connectivity index (χ4v) is 4.15. The highest BCUT2D eigenvalue weighted by Crippen LogP contribution is 2.29. The predicted molar refractivity (Wildman–Crippen MR) is 115 cm³/mol. The molecule has 0 unspecified atom stereocenters. The predicted octanol–water partition coefficient (Wildman–Crippen LogP) is 2.61. The molecule has 1 atom stereocenters. The molecule has 7 nitrogen and oxygen atoms in total. The molecule has 0 aliphatic carbocycles. The van der Waals surface area contributed by atoms with Gasteiger partial charge < -0.3 is 10.6 Å². The Labute approximate surface area is 175 Å². The maximum absolute atomic E-state index is 12.4. The molecule has 0 saturated carbocycles. The van der Waals surface area contributed by atoms with Crippen LogP contribution < -0.4 is 10.6 Å². The molecule has 0 spiro atoms. The van der Waals surface area contributed by atoms with Crippen molar-refractivity contribution in [2.75, 3.05) is 6.54 Å². The lowest BCUT2D eigenvalue weighted by molar-refractivity contribution is -0.122. The van der Waals surface area contributed by atoms with E-state index in [0.717, 1.165) is 30.3 Å². The van der Waals surface area contributed by atoms with E-state index in [0.29, 0.717) is 32.4 Å². The average Bonchev–Trinajstić information content (AvgIpc) is 3.34. The minimum atomic E-state index is -0.324. The number of carbonyl (C=O) groups is 2. The minimum Gasteiger partial charge on any atom is -0.356 e. The van der Waals surface area contributed by atoms with Crippen LogP contribution in [0.15, 0.2) is 54.6 Å². The van der Waals surface area contributed by atoms with Crippen molar-refractivity contribution in [1.29, 1.82) is 0 Å². The summed E-state index contributed by atoms with van der Waals surface area (Å²) in [6, 6.07) is 18.0. The molecule has 1 saturated heterocycles. The third kappa shape index (κ3) is 4.84. The molecule has 156 valence electrons. The zero-order valence-electron chi connectivity index (χ0n) is 17.0. The Kier molecular flexibility index (Phi) is 6.07. The summed E-state index contributed by atoms with van der Waals surface area (Å²) in [6.07, 6.45) is 3.89. The first-order valence-corrected chi connectivity index (χ1v) is 10.5. The van der Waals surface area contributed by atoms with Gasteiger partial charge in [-0.2, -0.15) is 0 Å². The van der Waals surface area contributed by atoms with E-state index in [1.807, 2.05) is 47.1 Å². The number of carbonyl (C=O) groups excluding carboxylic acids is 2. The van der Waals surface area contributed by atoms with Crippen molar-refractivity contribution in [2.24, 2.45) is 0 Å². The van der Waals surface area contributed by atoms with Gasteiger partial charge in [-0.3, -0.25) is 9.59 Å². The molecule has 1 aliphatic rings. The SMILES string of the molecule is O=C(CC[C@@]1(Cc2ccccc2)CCC(=O)N1)NCCCn1nnc2ccccc21. The van der Waals surface area contributed by atoms with E-state index >= 15 is 0 Å². The summed E-state index contributed by atoms with van der Waals surface area (Å²) in [5, 5.41) is 14.4. The number of para-hydroxylation sites is 1. The molecule has 2 heterocycles. The van der Waals surface area contributed by atoms with Gasteiger partial charge in [-0.25, -0.2) is 4.68 Å². The van der Waals surface area contributed by atoms with Crippen LogP contribution in [0.4, 0.5) is 0 Å². The molecule has 0 radical (unpaired) electrons. The van der Waals surface area contributed by atoms with Crippen LogP contribution in [0.3, 0.4) is 0 Å². The molecule has 4 rings (SSSR count). The molecule has 3 aromatic rings. The Balaban J connectivity index is 1.24. The van der Waals surface area contributed by atoms with Crippen molar-refractivity contribution >= 4 is 22.8 Å². The topological polar surface area (TPSA) is 88.9 Å². The van der Waals surface area contributed by atoms with Crippen molar-refractivity contribution in [3.05, 3.63) is 60.2 Å². The van der Waals surface area contributed by atoms with Crippen molar-refractivity contribution in [1.82, 2.24) is 25.6 Å². The van der Waals surface area contributed by atoms with E-state index in [1.54, 1.807) is 0 Å². The number of hydrogen-bond acceptors (Lipinski definition) is 4. The lowest BCUT2D eigenvalue weighted by atomic mass is 9.85. The Morgan fingerprint density at radius 1 is 1.13 bits per heavy atom. The molecule has 2 amide bonds. The second-order valence-corrected chi connectivity index (χ2v) is 8.00. The molecule has 1 aliphatic heterocycles. The number of fused-ring (bicyclic) bond motifs is 1. The highest BCUT2D eigenvalue weighted by Gasteiger charge is 2.37. The molecule has 7 heteroatoms. The van der Waals surface area contributed by atoms with Gasteiger partial charge in [-0.1, -0.05) is 47.7 Å². The van der Waals surface area contributed by atoms with Gasteiger partial charge in [0, 0.05) is 31.5 Å². The quantitative estimate of drug-likeness (QED) is 0.536. The van der Waals surface area contributed by atoms with E-state index in [4.69, 9.17) is 0 Å². The van der Waals surface area contributed by atoms with Crippen LogP contribution in [0.2, 0.25) is 0 Å². The molecule has 1 fully saturated rings. The van der Waals surface area contributed by atoms with Crippen LogP contribution in [0.5, 0.6) is 0 Å². The van der Waals surface area contributed by atoms with Gasteiger partial charge in [0.25, 0.3) is 0 Å². The number of nitrogens with zero attached hydrogens (tertiary/aromatic N) is 3. The molecule has 30 heavy (non-hydrogen) atoms. The monoisotopic (exact) mass is 405 g/mol. The van der Waals surface area contributed by atoms with Gasteiger partial charge in [0.2, 0.25) is 11.8 Å². The van der Waals surface area contributed by atoms with Gasteiger partial charge in [0.15, 0.2) is 0 Å². The Morgan fingerprint density at radius 3 is 2.73 bits per heavy atom. The van der Waals surface area contributed by atoms with E-state index in [-0.39, 0.29) is 17.4 Å². The number of hydrogen-bond donors (Lipinski definition) is 2. The second-order valence-electron chi connectivity index (χ2n) is 8.00. The third-order valence-electron chi connectivity index (χ3n) is 5.74. The fraction of sp³-hybridized carbons (Fsp3) is 0.391. The van der Waals surface area contributed by atoms with Gasteiger partial charge in [-0.05, 0) is 43.4 Å². The summed E-state index contributed by atoms with van der Waals surface area (Å²) in [7, 11) is 0. The van der Waals surface area contributed by atoms with Crippen molar-refractivity contribution in [3.8, 4) is 0 Å². The third-order valence-corrected chi connectivity index (χ3v) is 5.74. The standard InChI is InChI=1S/C23H27N5O2/c29-21(24-15-6-16-28-20-10-5-4-9-19(20)26-27-28)11-13-23(14-12-22(30)25-23)17-18-7-2-1-3-8-18/h1-5,7-10H,6,11-17H2,(H,24,29)(H,25,30)/t23-/m0/s1. The van der Waals surface area contributed by atoms with Gasteiger partial charge in [0.05, 0.1) is 5.52 Å². The zero-order chi connectivity index (χ0) is 20.8. The lowest BCUT2D eigenvalue weighted by Crippen LogP contribution is -2.44. The summed E-state index contributed by atoms with van der Waals surface area (Å²) >= 11 is 0. The molecule has 0 bridgehead atoms. The first-order valence-electron chi connectivity index (χ1n) is 10.5. The van der Waals surface area contributed by atoms with E-state index in [9.17, 15) is 9.59 Å². The summed E-state index contributed by atoms with van der Waals surface area (Å²) in [5.41, 5.74) is 2.74. The van der Waals surface area contributed by atoms with E-state index in [1.165, 1.54) is 5.56 Å². The van der Waals surface area contributed by atoms with Crippen molar-refractivity contribution < 1.29 is 9.59 Å². The van der Waals surface area contributed by atoms with E-state index < -0.39 is 0 Å². The smallest absolute Gasteiger partial charge is 0.220 e. The number of nitrogens with one attached hydrogen (secondary N) is 2. The molecule has 1 aromatic heterocycles. The summed E-state index contributed by atoms with van der Waals surface area (Å²) < 4.78 is 1.87. The van der Waals surface area contributed by atoms with Crippen LogP contribution in [0.1, 0.15) is 37.7 Å². The number of aryl methyl sites for hydroxylation is 1. The Hall–Kier alpha value is -3.22. The Morgan fingerprint density at radius 2 is 1.93 bits per heavy atom. The summed E-state index contributed by atoms with van der Waals surface area (Å²) in [6.45, 7) is 1.29. The molecule has 2 N–H and O–H groups in total. The van der Waals surface area contributed by atoms with Gasteiger partial charge in [0.1, 0.15) is 5.52 Å². The first-order chi connectivity index (χ1) is 14.6. The van der Waals surface area contributed by atoms with Gasteiger partial charge in [-0.15, -0.1) is 5.10 Å². The number of benzene rings is 2. The van der Waals surface area contributed by atoms with Crippen molar-refractivity contribution in [2.45, 2.75) is 50.6 Å². The van der Waals surface area contributed by atoms with Crippen LogP contribution in [-0.2, 0) is 22.6 Å². The highest BCUT2D eigenvalue weighted by atomic mass is 16.2. The maximum Gasteiger partial charge on any atom is 0.220 e. The first kappa shape index (κ1) is 20.1. The molecule has 2 aromatic carbocycles. The minimum absolute atomic E-state index is 0.0204. The van der Waals surface area contributed by atoms with Gasteiger partial charge >= 0.3 is 0 Å². The van der Waals surface area contributed by atoms with Crippen LogP contribution in [0.25, 0.3) is 11.0 Å². The van der Waals surface area contributed by atoms with Crippen LogP contribution >= 0.6 is 0 Å². The molecular weight excluding hydrogens is 378 g/mol. The normalized spacial score (nSPS) is 18.5. The Bertz CT molecular complexity index is 1020. The highest BCUT2D eigenvalue weighted by molar-refractivity contribution is 5.80. The van der Waals surface area contributed by atoms with Crippen LogP contribution in [-0.4, -0.2) is 38.9 Å². The maximum atomic E-state index is 12.4. The molecular formula is C23H27N5O2. The number of aromatic nitrogens is 3. The summed E-state index contributed by atoms with van der Waals surface area (Å²) in [5.74, 6) is 0.0958. The lowest BCUT2D eigenvalue weighted by Gasteiger charge is -2.29. The number of amides is 2. The second kappa shape index (κ2) is 9.07. The average molecular weight is 406 g/mol.